The van der Waals surface area contributed by atoms with E-state index in [1.165, 1.54) is 16.2 Å². The van der Waals surface area contributed by atoms with Gasteiger partial charge >= 0.3 is 5.97 Å². The smallest absolute Gasteiger partial charge is 0.308 e. The van der Waals surface area contributed by atoms with E-state index in [9.17, 15) is 28.7 Å². The number of nitrogens with zero attached hydrogens (tertiary/aromatic N) is 2. The lowest BCUT2D eigenvalue weighted by atomic mass is 9.85. The highest BCUT2D eigenvalue weighted by Gasteiger charge is 2.53. The fraction of sp³-hybridized carbons (Fsp3) is 0.683. The third kappa shape index (κ3) is 14.8. The largest absolute Gasteiger partial charge is 0.491 e. The maximum Gasteiger partial charge on any atom is 0.308 e. The number of hydrogen-bond donors (Lipinski definition) is 3. The van der Waals surface area contributed by atoms with Crippen molar-refractivity contribution in [3.05, 3.63) is 35.0 Å². The first-order valence-corrected chi connectivity index (χ1v) is 20.7. The molecule has 0 bridgehead atoms. The van der Waals surface area contributed by atoms with Crippen molar-refractivity contribution < 1.29 is 57.1 Å². The normalized spacial score (nSPS) is 18.1. The van der Waals surface area contributed by atoms with Crippen LogP contribution in [0.5, 0.6) is 5.75 Å². The molecule has 1 saturated carbocycles. The van der Waals surface area contributed by atoms with Crippen LogP contribution in [0, 0.1) is 12.3 Å². The summed E-state index contributed by atoms with van der Waals surface area (Å²) in [5.41, 5.74) is 0.968. The summed E-state index contributed by atoms with van der Waals surface area (Å²) in [5, 5.41) is 16.0. The van der Waals surface area contributed by atoms with E-state index in [-0.39, 0.29) is 64.6 Å². The Hall–Kier alpha value is -3.74. The predicted octanol–water partition coefficient (Wildman–Crippen LogP) is 3.91. The van der Waals surface area contributed by atoms with Crippen molar-refractivity contribution in [1.29, 1.82) is 0 Å². The number of aromatic nitrogens is 1. The lowest BCUT2D eigenvalue weighted by Gasteiger charge is -2.35. The first kappa shape index (κ1) is 46.9. The minimum absolute atomic E-state index is 0.0180. The third-order valence-electron chi connectivity index (χ3n) is 9.35. The molecule has 0 spiro atoms. The third-order valence-corrected chi connectivity index (χ3v) is 10.3. The second-order valence-electron chi connectivity index (χ2n) is 16.6. The highest BCUT2D eigenvalue weighted by atomic mass is 32.1. The monoisotopic (exact) mass is 836 g/mol. The molecule has 1 aromatic heterocycles. The molecule has 324 valence electrons. The molecule has 0 unspecified atom stereocenters. The van der Waals surface area contributed by atoms with Crippen molar-refractivity contribution in [3.8, 4) is 16.2 Å². The Morgan fingerprint density at radius 1 is 0.948 bits per heavy atom. The van der Waals surface area contributed by atoms with Gasteiger partial charge in [0.1, 0.15) is 30.0 Å². The number of β-amino-alcohol motifs (C(OH)–C–C–N with tert-alkyl or cyclic N) is 1. The van der Waals surface area contributed by atoms with Gasteiger partial charge in [0, 0.05) is 25.1 Å². The Balaban J connectivity index is 1.22. The number of amides is 3. The molecular formula is C41H61FN4O11S. The van der Waals surface area contributed by atoms with Gasteiger partial charge in [0.05, 0.1) is 81.5 Å². The quantitative estimate of drug-likeness (QED) is 0.109. The average Bonchev–Trinajstić information content (AvgIpc) is 3.55. The topological polar surface area (TPSA) is 184 Å². The van der Waals surface area contributed by atoms with Crippen LogP contribution in [0.2, 0.25) is 0 Å². The molecule has 3 amide bonds. The zero-order chi connectivity index (χ0) is 42.5. The summed E-state index contributed by atoms with van der Waals surface area (Å²) in [7, 11) is 0. The minimum Gasteiger partial charge on any atom is -0.491 e. The van der Waals surface area contributed by atoms with Crippen molar-refractivity contribution in [2.75, 3.05) is 66.0 Å². The zero-order valence-electron chi connectivity index (χ0n) is 34.9. The predicted molar refractivity (Wildman–Crippen MR) is 214 cm³/mol. The van der Waals surface area contributed by atoms with Crippen LogP contribution in [0.15, 0.2) is 23.7 Å². The number of aliphatic hydroxyl groups is 1. The Kier molecular flexibility index (Phi) is 17.4. The number of alkyl halides is 1. The van der Waals surface area contributed by atoms with Crippen LogP contribution >= 0.6 is 11.3 Å². The van der Waals surface area contributed by atoms with Crippen LogP contribution in [0.1, 0.15) is 78.5 Å². The second-order valence-corrected chi connectivity index (χ2v) is 17.4. The van der Waals surface area contributed by atoms with E-state index in [2.05, 4.69) is 15.6 Å². The molecule has 4 rings (SSSR count). The fourth-order valence-electron chi connectivity index (χ4n) is 6.09. The highest BCUT2D eigenvalue weighted by Crippen LogP contribution is 2.40. The van der Waals surface area contributed by atoms with E-state index in [1.54, 1.807) is 26.3 Å². The van der Waals surface area contributed by atoms with E-state index >= 15 is 0 Å². The fourth-order valence-corrected chi connectivity index (χ4v) is 6.90. The van der Waals surface area contributed by atoms with Gasteiger partial charge in [-0.05, 0) is 57.6 Å². The van der Waals surface area contributed by atoms with Gasteiger partial charge in [0.25, 0.3) is 5.91 Å². The number of carbonyl (C=O) groups is 4. The SMILES string of the molecule is Cc1ncsc1-c1ccc(CNC(=O)[C@@H]2C[C@@H](O)CN2C(=O)[C@@H](NC(=O)C2(F)CC2)C(C)(C)C)c(OCCOCCOCCOCCOCCC(=O)OC(C)(C)C)c1. The first-order valence-electron chi connectivity index (χ1n) is 19.8. The summed E-state index contributed by atoms with van der Waals surface area (Å²) in [6.45, 7) is 15.6. The number of halogens is 1. The molecule has 58 heavy (non-hydrogen) atoms. The van der Waals surface area contributed by atoms with Gasteiger partial charge in [-0.3, -0.25) is 19.2 Å². The van der Waals surface area contributed by atoms with Crippen LogP contribution < -0.4 is 15.4 Å². The van der Waals surface area contributed by atoms with Gasteiger partial charge in [0.15, 0.2) is 5.67 Å². The number of esters is 1. The number of aryl methyl sites for hydroxylation is 1. The van der Waals surface area contributed by atoms with E-state index in [4.69, 9.17) is 28.4 Å². The summed E-state index contributed by atoms with van der Waals surface area (Å²) in [6, 6.07) is 3.58. The van der Waals surface area contributed by atoms with Gasteiger partial charge in [0.2, 0.25) is 11.8 Å². The Labute approximate surface area is 344 Å². The van der Waals surface area contributed by atoms with Gasteiger partial charge in [-0.25, -0.2) is 9.37 Å². The summed E-state index contributed by atoms with van der Waals surface area (Å²) >= 11 is 1.50. The lowest BCUT2D eigenvalue weighted by Crippen LogP contribution is -2.59. The number of likely N-dealkylation sites (tertiary alicyclic amines) is 1. The summed E-state index contributed by atoms with van der Waals surface area (Å²) < 4.78 is 48.1. The number of nitrogens with one attached hydrogen (secondary N) is 2. The number of hydrogen-bond acceptors (Lipinski definition) is 13. The van der Waals surface area contributed by atoms with Crippen molar-refractivity contribution in [3.63, 3.8) is 0 Å². The highest BCUT2D eigenvalue weighted by molar-refractivity contribution is 7.13. The van der Waals surface area contributed by atoms with E-state index in [0.29, 0.717) is 51.0 Å². The molecule has 2 aliphatic rings. The molecule has 2 fully saturated rings. The van der Waals surface area contributed by atoms with Crippen LogP contribution in [0.4, 0.5) is 4.39 Å². The number of thiazole rings is 1. The number of benzene rings is 1. The second kappa shape index (κ2) is 21.5. The molecule has 17 heteroatoms. The maximum absolute atomic E-state index is 14.6. The Morgan fingerprint density at radius 2 is 1.55 bits per heavy atom. The minimum atomic E-state index is -1.97. The Morgan fingerprint density at radius 3 is 2.10 bits per heavy atom. The van der Waals surface area contributed by atoms with Gasteiger partial charge in [-0.15, -0.1) is 11.3 Å². The molecule has 0 radical (unpaired) electrons. The molecule has 1 aliphatic carbocycles. The number of carbonyl (C=O) groups excluding carboxylic acids is 4. The van der Waals surface area contributed by atoms with E-state index < -0.39 is 52.6 Å². The lowest BCUT2D eigenvalue weighted by molar-refractivity contribution is -0.156. The van der Waals surface area contributed by atoms with Gasteiger partial charge < -0.3 is 49.1 Å². The molecule has 2 heterocycles. The van der Waals surface area contributed by atoms with Crippen molar-refractivity contribution >= 4 is 35.0 Å². The zero-order valence-corrected chi connectivity index (χ0v) is 35.7. The Bertz CT molecular complexity index is 1670. The van der Waals surface area contributed by atoms with E-state index in [1.807, 2.05) is 45.9 Å². The molecule has 3 N–H and O–H groups in total. The molecule has 15 nitrogen and oxygen atoms in total. The summed E-state index contributed by atoms with van der Waals surface area (Å²) in [4.78, 5) is 58.4. The molecular weight excluding hydrogens is 776 g/mol. The van der Waals surface area contributed by atoms with Crippen LogP contribution in [0.25, 0.3) is 10.4 Å². The number of rotatable bonds is 23. The van der Waals surface area contributed by atoms with Gasteiger partial charge in [-0.2, -0.15) is 0 Å². The molecule has 3 atom stereocenters. The van der Waals surface area contributed by atoms with Crippen LogP contribution in [0.3, 0.4) is 0 Å². The van der Waals surface area contributed by atoms with Crippen LogP contribution in [-0.4, -0.2) is 134 Å². The standard InChI is InChI=1S/C41H61FN4O11S/c1-27-34(58-26-44-27)28-8-9-29(32(22-28)56-21-20-55-19-18-54-17-16-53-15-14-52-13-10-33(48)57-40(5,6)7)24-43-36(49)31-23-30(47)25-46(31)37(50)35(39(2,3)4)45-38(51)41(42)11-12-41/h8-9,22,26,30-31,35,47H,10-21,23-25H2,1-7H3,(H,43,49)(H,45,51)/t30-,31+,35-/m1/s1. The summed E-state index contributed by atoms with van der Waals surface area (Å²) in [5.74, 6) is -1.62. The van der Waals surface area contributed by atoms with Gasteiger partial charge in [-0.1, -0.05) is 32.9 Å². The van der Waals surface area contributed by atoms with Crippen molar-refractivity contribution in [2.24, 2.45) is 5.41 Å². The number of aliphatic hydroxyl groups excluding tert-OH is 1. The van der Waals surface area contributed by atoms with Crippen molar-refractivity contribution in [1.82, 2.24) is 20.5 Å². The molecule has 2 aromatic rings. The van der Waals surface area contributed by atoms with Crippen molar-refractivity contribution in [2.45, 2.75) is 110 Å². The molecule has 1 aliphatic heterocycles. The average molecular weight is 837 g/mol. The molecule has 1 aromatic carbocycles. The van der Waals surface area contributed by atoms with E-state index in [0.717, 1.165) is 16.1 Å². The summed E-state index contributed by atoms with van der Waals surface area (Å²) in [6.07, 6.45) is -0.527. The van der Waals surface area contributed by atoms with Crippen LogP contribution in [-0.2, 0) is 49.4 Å². The maximum atomic E-state index is 14.6. The number of ether oxygens (including phenoxy) is 6. The molecule has 1 saturated heterocycles. The first-order chi connectivity index (χ1) is 27.4.